The number of hydrogen-bond acceptors (Lipinski definition) is 5. The van der Waals surface area contributed by atoms with E-state index >= 15 is 0 Å². The molecule has 0 heterocycles. The van der Waals surface area contributed by atoms with Gasteiger partial charge in [-0.3, -0.25) is 13.9 Å². The number of ether oxygens (including phenoxy) is 1. The van der Waals surface area contributed by atoms with Crippen LogP contribution in [0, 0.1) is 5.92 Å². The van der Waals surface area contributed by atoms with Crippen LogP contribution in [-0.2, 0) is 32.6 Å². The first-order valence-electron chi connectivity index (χ1n) is 14.9. The van der Waals surface area contributed by atoms with E-state index in [1.165, 1.54) is 60.5 Å². The largest absolute Gasteiger partial charge is 0.497 e. The van der Waals surface area contributed by atoms with Crippen LogP contribution in [0.15, 0.2) is 102 Å². The summed E-state index contributed by atoms with van der Waals surface area (Å²) in [4.78, 5) is 29.8. The van der Waals surface area contributed by atoms with Crippen molar-refractivity contribution in [3.63, 3.8) is 0 Å². The van der Waals surface area contributed by atoms with Crippen molar-refractivity contribution in [2.24, 2.45) is 5.92 Å². The highest BCUT2D eigenvalue weighted by Gasteiger charge is 2.35. The van der Waals surface area contributed by atoms with E-state index in [0.29, 0.717) is 32.9 Å². The average Bonchev–Trinajstić information content (AvgIpc) is 3.06. The Morgan fingerprint density at radius 3 is 2.02 bits per heavy atom. The molecular weight excluding hydrogens is 681 g/mol. The molecule has 4 rings (SSSR count). The molecule has 248 valence electrons. The summed E-state index contributed by atoms with van der Waals surface area (Å²) in [7, 11) is -2.82. The van der Waals surface area contributed by atoms with Crippen LogP contribution in [-0.4, -0.2) is 51.4 Å². The zero-order chi connectivity index (χ0) is 34.1. The predicted molar refractivity (Wildman–Crippen MR) is 188 cm³/mol. The highest BCUT2D eigenvalue weighted by atomic mass is 35.5. The molecular formula is C35H36Cl3N3O5S. The first-order valence-corrected chi connectivity index (χ1v) is 17.4. The van der Waals surface area contributed by atoms with E-state index in [-0.39, 0.29) is 29.5 Å². The van der Waals surface area contributed by atoms with Crippen molar-refractivity contribution in [1.82, 2.24) is 10.2 Å². The summed E-state index contributed by atoms with van der Waals surface area (Å²) in [6.07, 6.45) is 0.157. The van der Waals surface area contributed by atoms with Crippen molar-refractivity contribution >= 4 is 62.3 Å². The number of anilines is 1. The second-order valence-corrected chi connectivity index (χ2v) is 14.3. The molecule has 47 heavy (non-hydrogen) atoms. The van der Waals surface area contributed by atoms with Crippen molar-refractivity contribution in [1.29, 1.82) is 0 Å². The van der Waals surface area contributed by atoms with Gasteiger partial charge in [0.1, 0.15) is 18.3 Å². The summed E-state index contributed by atoms with van der Waals surface area (Å²) >= 11 is 19.3. The average molecular weight is 717 g/mol. The molecule has 2 amide bonds. The fraction of sp³-hybridized carbons (Fsp3) is 0.257. The van der Waals surface area contributed by atoms with Crippen LogP contribution in [0.5, 0.6) is 5.75 Å². The summed E-state index contributed by atoms with van der Waals surface area (Å²) in [5, 5.41) is 3.95. The van der Waals surface area contributed by atoms with E-state index in [2.05, 4.69) is 5.32 Å². The number of amides is 2. The molecule has 0 aliphatic carbocycles. The molecule has 12 heteroatoms. The Kier molecular flexibility index (Phi) is 12.6. The van der Waals surface area contributed by atoms with Gasteiger partial charge in [0.05, 0.1) is 17.7 Å². The fourth-order valence-corrected chi connectivity index (χ4v) is 6.90. The first kappa shape index (κ1) is 36.1. The second-order valence-electron chi connectivity index (χ2n) is 11.2. The highest BCUT2D eigenvalue weighted by Crippen LogP contribution is 2.30. The topological polar surface area (TPSA) is 96.0 Å². The molecule has 0 bridgehead atoms. The Bertz CT molecular complexity index is 1750. The Labute approximate surface area is 291 Å². The number of benzene rings is 4. The Hall–Kier alpha value is -3.76. The highest BCUT2D eigenvalue weighted by molar-refractivity contribution is 7.92. The summed E-state index contributed by atoms with van der Waals surface area (Å²) in [5.74, 6) is -0.422. The monoisotopic (exact) mass is 715 g/mol. The molecule has 4 aromatic carbocycles. The van der Waals surface area contributed by atoms with Gasteiger partial charge in [-0.1, -0.05) is 85.0 Å². The van der Waals surface area contributed by atoms with Crippen LogP contribution >= 0.6 is 34.8 Å². The third-order valence-corrected chi connectivity index (χ3v) is 10.1. The number of hydrogen-bond donors (Lipinski definition) is 1. The van der Waals surface area contributed by atoms with E-state index in [4.69, 9.17) is 39.5 Å². The summed E-state index contributed by atoms with van der Waals surface area (Å²) in [6.45, 7) is 3.52. The van der Waals surface area contributed by atoms with Gasteiger partial charge < -0.3 is 15.0 Å². The van der Waals surface area contributed by atoms with Crippen LogP contribution in [0.25, 0.3) is 0 Å². The van der Waals surface area contributed by atoms with E-state index in [1.807, 2.05) is 44.2 Å². The van der Waals surface area contributed by atoms with Gasteiger partial charge in [-0.2, -0.15) is 0 Å². The summed E-state index contributed by atoms with van der Waals surface area (Å²) in [5.41, 5.74) is 1.44. The van der Waals surface area contributed by atoms with Gasteiger partial charge in [0, 0.05) is 40.1 Å². The minimum Gasteiger partial charge on any atom is -0.497 e. The van der Waals surface area contributed by atoms with Crippen LogP contribution in [0.1, 0.15) is 25.0 Å². The molecule has 0 saturated carbocycles. The van der Waals surface area contributed by atoms with E-state index in [1.54, 1.807) is 18.2 Å². The number of carbonyl (C=O) groups excluding carboxylic acids is 2. The smallest absolute Gasteiger partial charge is 0.264 e. The standard InChI is InChI=1S/C35H36Cl3N3O5S/c1-24(2)21-39-35(43)33(20-25-8-5-4-6-9-25)40(22-30-31(37)10-7-11-32(30)38)34(42)23-41(27-14-12-26(36)13-15-27)47(44,45)29-18-16-28(46-3)17-19-29/h4-19,24,33H,20-23H2,1-3H3,(H,39,43)/t33-/m0/s1. The van der Waals surface area contributed by atoms with Gasteiger partial charge in [0.2, 0.25) is 11.8 Å². The Morgan fingerprint density at radius 1 is 0.830 bits per heavy atom. The van der Waals surface area contributed by atoms with Crippen molar-refractivity contribution in [3.05, 3.63) is 123 Å². The molecule has 0 aromatic heterocycles. The van der Waals surface area contributed by atoms with E-state index in [9.17, 15) is 18.0 Å². The van der Waals surface area contributed by atoms with Gasteiger partial charge in [0.15, 0.2) is 0 Å². The Balaban J connectivity index is 1.83. The maximum absolute atomic E-state index is 14.6. The number of rotatable bonds is 14. The van der Waals surface area contributed by atoms with Crippen molar-refractivity contribution < 1.29 is 22.7 Å². The van der Waals surface area contributed by atoms with Crippen LogP contribution in [0.3, 0.4) is 0 Å². The number of halogens is 3. The summed E-state index contributed by atoms with van der Waals surface area (Å²) < 4.78 is 34.5. The number of nitrogens with zero attached hydrogens (tertiary/aromatic N) is 2. The van der Waals surface area contributed by atoms with Crippen LogP contribution in [0.2, 0.25) is 15.1 Å². The zero-order valence-electron chi connectivity index (χ0n) is 26.2. The van der Waals surface area contributed by atoms with E-state index in [0.717, 1.165) is 9.87 Å². The zero-order valence-corrected chi connectivity index (χ0v) is 29.3. The molecule has 1 N–H and O–H groups in total. The summed E-state index contributed by atoms with van der Waals surface area (Å²) in [6, 6.07) is 25.2. The maximum Gasteiger partial charge on any atom is 0.264 e. The number of carbonyl (C=O) groups is 2. The number of sulfonamides is 1. The second kappa shape index (κ2) is 16.4. The van der Waals surface area contributed by atoms with E-state index < -0.39 is 34.4 Å². The predicted octanol–water partition coefficient (Wildman–Crippen LogP) is 7.26. The fourth-order valence-electron chi connectivity index (χ4n) is 4.84. The SMILES string of the molecule is COc1ccc(S(=O)(=O)N(CC(=O)N(Cc2c(Cl)cccc2Cl)[C@@H](Cc2ccccc2)C(=O)NCC(C)C)c2ccc(Cl)cc2)cc1. The van der Waals surface area contributed by atoms with Crippen molar-refractivity contribution in [2.75, 3.05) is 24.5 Å². The third-order valence-electron chi connectivity index (χ3n) is 7.39. The lowest BCUT2D eigenvalue weighted by molar-refractivity contribution is -0.140. The molecule has 0 aliphatic rings. The first-order chi connectivity index (χ1) is 22.4. The lowest BCUT2D eigenvalue weighted by atomic mass is 10.0. The molecule has 8 nitrogen and oxygen atoms in total. The quantitative estimate of drug-likeness (QED) is 0.148. The van der Waals surface area contributed by atoms with Gasteiger partial charge in [0.25, 0.3) is 10.0 Å². The molecule has 0 radical (unpaired) electrons. The lowest BCUT2D eigenvalue weighted by Gasteiger charge is -2.34. The van der Waals surface area contributed by atoms with Crippen molar-refractivity contribution in [2.45, 2.75) is 37.8 Å². The number of nitrogens with one attached hydrogen (secondary N) is 1. The lowest BCUT2D eigenvalue weighted by Crippen LogP contribution is -2.53. The molecule has 1 atom stereocenters. The van der Waals surface area contributed by atoms with Crippen LogP contribution in [0.4, 0.5) is 5.69 Å². The minimum absolute atomic E-state index is 0.0581. The molecule has 0 unspecified atom stereocenters. The Morgan fingerprint density at radius 2 is 1.45 bits per heavy atom. The molecule has 0 saturated heterocycles. The minimum atomic E-state index is -4.30. The van der Waals surface area contributed by atoms with Crippen LogP contribution < -0.4 is 14.4 Å². The van der Waals surface area contributed by atoms with Crippen molar-refractivity contribution in [3.8, 4) is 5.75 Å². The normalized spacial score (nSPS) is 12.0. The third kappa shape index (κ3) is 9.41. The number of methoxy groups -OCH3 is 1. The maximum atomic E-state index is 14.6. The molecule has 0 spiro atoms. The van der Waals surface area contributed by atoms with Gasteiger partial charge in [-0.15, -0.1) is 0 Å². The molecule has 0 aliphatic heterocycles. The van der Waals surface area contributed by atoms with Gasteiger partial charge in [-0.25, -0.2) is 8.42 Å². The van der Waals surface area contributed by atoms with Gasteiger partial charge >= 0.3 is 0 Å². The molecule has 4 aromatic rings. The molecule has 0 fully saturated rings. The van der Waals surface area contributed by atoms with Gasteiger partial charge in [-0.05, 0) is 72.1 Å².